The first-order valence-electron chi connectivity index (χ1n) is 4.59. The summed E-state index contributed by atoms with van der Waals surface area (Å²) in [6.07, 6.45) is 1.89. The lowest BCUT2D eigenvalue weighted by atomic mass is 10.0. The lowest BCUT2D eigenvalue weighted by molar-refractivity contribution is 0.283. The lowest BCUT2D eigenvalue weighted by Gasteiger charge is -2.05. The summed E-state index contributed by atoms with van der Waals surface area (Å²) in [4.78, 5) is 3.13. The molecule has 0 amide bonds. The van der Waals surface area contributed by atoms with E-state index in [4.69, 9.17) is 5.11 Å². The van der Waals surface area contributed by atoms with Crippen molar-refractivity contribution in [3.63, 3.8) is 0 Å². The fraction of sp³-hybridized carbons (Fsp3) is 0.167. The Morgan fingerprint density at radius 1 is 1.43 bits per heavy atom. The van der Waals surface area contributed by atoms with E-state index in [1.807, 2.05) is 31.3 Å². The lowest BCUT2D eigenvalue weighted by Crippen LogP contribution is -1.88. The van der Waals surface area contributed by atoms with Crippen molar-refractivity contribution in [1.82, 2.24) is 4.98 Å². The van der Waals surface area contributed by atoms with Gasteiger partial charge in [-0.2, -0.15) is 0 Å². The number of fused-ring (bicyclic) bond motifs is 1. The Bertz CT molecular complexity index is 482. The second kappa shape index (κ2) is 3.31. The van der Waals surface area contributed by atoms with Crippen LogP contribution in [0.5, 0.6) is 0 Å². The highest BCUT2D eigenvalue weighted by molar-refractivity contribution is 5.93. The molecule has 0 saturated heterocycles. The van der Waals surface area contributed by atoms with Crippen LogP contribution in [-0.2, 0) is 6.61 Å². The summed E-state index contributed by atoms with van der Waals surface area (Å²) < 4.78 is 0. The van der Waals surface area contributed by atoms with Gasteiger partial charge in [-0.3, -0.25) is 0 Å². The molecular weight excluding hydrogens is 174 g/mol. The van der Waals surface area contributed by atoms with Crippen molar-refractivity contribution in [2.75, 3.05) is 0 Å². The molecule has 1 aromatic carbocycles. The van der Waals surface area contributed by atoms with Crippen LogP contribution in [0, 0.1) is 0 Å². The first-order chi connectivity index (χ1) is 6.74. The fourth-order valence-electron chi connectivity index (χ4n) is 1.72. The van der Waals surface area contributed by atoms with E-state index < -0.39 is 0 Å². The Morgan fingerprint density at radius 3 is 2.86 bits per heavy atom. The number of rotatable bonds is 2. The molecule has 0 radical (unpaired) electrons. The van der Waals surface area contributed by atoms with E-state index in [0.717, 1.165) is 27.6 Å². The highest BCUT2D eigenvalue weighted by atomic mass is 16.3. The molecule has 2 N–H and O–H groups in total. The van der Waals surface area contributed by atoms with Crippen molar-refractivity contribution in [2.45, 2.75) is 13.5 Å². The zero-order valence-electron chi connectivity index (χ0n) is 8.17. The third-order valence-corrected chi connectivity index (χ3v) is 2.44. The smallest absolute Gasteiger partial charge is 0.0702 e. The van der Waals surface area contributed by atoms with Crippen LogP contribution in [0.1, 0.15) is 18.1 Å². The minimum absolute atomic E-state index is 0.0630. The number of hydrogen-bond acceptors (Lipinski definition) is 1. The van der Waals surface area contributed by atoms with Gasteiger partial charge in [-0.25, -0.2) is 0 Å². The van der Waals surface area contributed by atoms with Crippen LogP contribution < -0.4 is 0 Å². The standard InChI is InChI=1S/C12H13NO/c1-8(2)10-4-3-9(7-14)12-11(10)5-6-13-12/h3-6,13-14H,1,7H2,2H3. The Balaban J connectivity index is 2.78. The number of nitrogens with one attached hydrogen (secondary N) is 1. The molecule has 0 aliphatic carbocycles. The average Bonchev–Trinajstić information content (AvgIpc) is 2.64. The first kappa shape index (κ1) is 9.03. The van der Waals surface area contributed by atoms with Crippen molar-refractivity contribution in [2.24, 2.45) is 0 Å². The van der Waals surface area contributed by atoms with Crippen molar-refractivity contribution in [1.29, 1.82) is 0 Å². The first-order valence-corrected chi connectivity index (χ1v) is 4.59. The molecule has 0 atom stereocenters. The zero-order chi connectivity index (χ0) is 10.1. The van der Waals surface area contributed by atoms with E-state index in [2.05, 4.69) is 11.6 Å². The number of aliphatic hydroxyl groups is 1. The topological polar surface area (TPSA) is 36.0 Å². The second-order valence-corrected chi connectivity index (χ2v) is 3.48. The molecule has 1 aromatic heterocycles. The molecule has 0 bridgehead atoms. The molecule has 0 saturated carbocycles. The van der Waals surface area contributed by atoms with Crippen LogP contribution in [0.25, 0.3) is 16.5 Å². The largest absolute Gasteiger partial charge is 0.392 e. The average molecular weight is 187 g/mol. The van der Waals surface area contributed by atoms with Gasteiger partial charge in [0.2, 0.25) is 0 Å². The minimum Gasteiger partial charge on any atom is -0.392 e. The SMILES string of the molecule is C=C(C)c1ccc(CO)c2[nH]ccc12. The summed E-state index contributed by atoms with van der Waals surface area (Å²) >= 11 is 0. The van der Waals surface area contributed by atoms with Gasteiger partial charge in [0.1, 0.15) is 0 Å². The zero-order valence-corrected chi connectivity index (χ0v) is 8.17. The van der Waals surface area contributed by atoms with Gasteiger partial charge in [-0.15, -0.1) is 0 Å². The number of benzene rings is 1. The summed E-state index contributed by atoms with van der Waals surface area (Å²) in [5.41, 5.74) is 4.11. The van der Waals surface area contributed by atoms with E-state index >= 15 is 0 Å². The molecule has 14 heavy (non-hydrogen) atoms. The van der Waals surface area contributed by atoms with Crippen LogP contribution in [0.2, 0.25) is 0 Å². The molecule has 0 unspecified atom stereocenters. The predicted molar refractivity (Wildman–Crippen MR) is 58.9 cm³/mol. The van der Waals surface area contributed by atoms with Crippen LogP contribution in [0.4, 0.5) is 0 Å². The Morgan fingerprint density at radius 2 is 2.21 bits per heavy atom. The number of aromatic amines is 1. The number of aliphatic hydroxyl groups excluding tert-OH is 1. The maximum atomic E-state index is 9.14. The molecule has 2 nitrogen and oxygen atoms in total. The minimum atomic E-state index is 0.0630. The molecule has 1 heterocycles. The molecular formula is C12H13NO. The summed E-state index contributed by atoms with van der Waals surface area (Å²) in [6, 6.07) is 5.95. The summed E-state index contributed by atoms with van der Waals surface area (Å²) in [5.74, 6) is 0. The number of hydrogen-bond donors (Lipinski definition) is 2. The maximum absolute atomic E-state index is 9.14. The van der Waals surface area contributed by atoms with Crippen molar-refractivity contribution < 1.29 is 5.11 Å². The highest BCUT2D eigenvalue weighted by Gasteiger charge is 2.06. The van der Waals surface area contributed by atoms with Gasteiger partial charge in [0.25, 0.3) is 0 Å². The monoisotopic (exact) mass is 187 g/mol. The Kier molecular flexibility index (Phi) is 2.14. The van der Waals surface area contributed by atoms with E-state index in [9.17, 15) is 0 Å². The van der Waals surface area contributed by atoms with Crippen LogP contribution in [0.15, 0.2) is 31.0 Å². The second-order valence-electron chi connectivity index (χ2n) is 3.48. The van der Waals surface area contributed by atoms with Crippen molar-refractivity contribution in [3.8, 4) is 0 Å². The molecule has 72 valence electrons. The number of allylic oxidation sites excluding steroid dienone is 1. The Hall–Kier alpha value is -1.54. The molecule has 2 rings (SSSR count). The van der Waals surface area contributed by atoms with E-state index in [0.29, 0.717) is 0 Å². The van der Waals surface area contributed by atoms with Gasteiger partial charge in [0.05, 0.1) is 12.1 Å². The summed E-state index contributed by atoms with van der Waals surface area (Å²) in [6.45, 7) is 5.98. The molecule has 0 aliphatic heterocycles. The maximum Gasteiger partial charge on any atom is 0.0702 e. The molecule has 0 spiro atoms. The van der Waals surface area contributed by atoms with E-state index in [-0.39, 0.29) is 6.61 Å². The third kappa shape index (κ3) is 1.24. The van der Waals surface area contributed by atoms with Crippen LogP contribution >= 0.6 is 0 Å². The molecule has 0 aliphatic rings. The fourth-order valence-corrected chi connectivity index (χ4v) is 1.72. The van der Waals surface area contributed by atoms with Crippen molar-refractivity contribution >= 4 is 16.5 Å². The van der Waals surface area contributed by atoms with Gasteiger partial charge >= 0.3 is 0 Å². The van der Waals surface area contributed by atoms with Gasteiger partial charge in [-0.1, -0.05) is 24.3 Å². The summed E-state index contributed by atoms with van der Waals surface area (Å²) in [5, 5.41) is 10.3. The molecule has 2 aromatic rings. The normalized spacial score (nSPS) is 10.7. The van der Waals surface area contributed by atoms with Crippen LogP contribution in [0.3, 0.4) is 0 Å². The van der Waals surface area contributed by atoms with Gasteiger partial charge in [0.15, 0.2) is 0 Å². The highest BCUT2D eigenvalue weighted by Crippen LogP contribution is 2.26. The van der Waals surface area contributed by atoms with E-state index in [1.54, 1.807) is 0 Å². The quantitative estimate of drug-likeness (QED) is 0.745. The number of H-pyrrole nitrogens is 1. The van der Waals surface area contributed by atoms with Crippen LogP contribution in [-0.4, -0.2) is 10.1 Å². The summed E-state index contributed by atoms with van der Waals surface area (Å²) in [7, 11) is 0. The van der Waals surface area contributed by atoms with E-state index in [1.165, 1.54) is 0 Å². The Labute approximate surface area is 82.9 Å². The number of aromatic nitrogens is 1. The van der Waals surface area contributed by atoms with Crippen molar-refractivity contribution in [3.05, 3.63) is 42.1 Å². The van der Waals surface area contributed by atoms with Gasteiger partial charge in [0, 0.05) is 17.1 Å². The third-order valence-electron chi connectivity index (χ3n) is 2.44. The molecule has 0 fully saturated rings. The van der Waals surface area contributed by atoms with Gasteiger partial charge < -0.3 is 10.1 Å². The predicted octanol–water partition coefficient (Wildman–Crippen LogP) is 2.69. The van der Waals surface area contributed by atoms with Gasteiger partial charge in [-0.05, 0) is 18.6 Å². The molecule has 2 heteroatoms.